The average Bonchev–Trinajstić information content (AvgIpc) is 2.69. The Kier molecular flexibility index (Phi) is 5.54. The lowest BCUT2D eigenvalue weighted by Crippen LogP contribution is -2.16. The van der Waals surface area contributed by atoms with Crippen LogP contribution in [0.1, 0.15) is 37.4 Å². The molecule has 29 heavy (non-hydrogen) atoms. The number of phenolic OH excluding ortho intramolecular Hbond substituents is 1. The first-order chi connectivity index (χ1) is 13.8. The van der Waals surface area contributed by atoms with Gasteiger partial charge in [-0.05, 0) is 79.9 Å². The molecule has 0 heterocycles. The maximum Gasteiger partial charge on any atom is 0.257 e. The molecule has 5 N–H and O–H groups in total. The van der Waals surface area contributed by atoms with Crippen molar-refractivity contribution in [3.63, 3.8) is 0 Å². The highest BCUT2D eigenvalue weighted by Gasteiger charge is 2.14. The van der Waals surface area contributed by atoms with Gasteiger partial charge in [-0.1, -0.05) is 12.1 Å². The Bertz CT molecular complexity index is 1090. The van der Waals surface area contributed by atoms with E-state index in [0.29, 0.717) is 28.2 Å². The SMILES string of the molecule is Cc1ccc(NC(=O)c2ccc(C)c(C)c2N)cc1NC(=O)c1ccc(O)cc1. The van der Waals surface area contributed by atoms with E-state index in [2.05, 4.69) is 10.6 Å². The number of carbonyl (C=O) groups excluding carboxylic acids is 2. The van der Waals surface area contributed by atoms with Crippen LogP contribution in [0.25, 0.3) is 0 Å². The third-order valence-electron chi connectivity index (χ3n) is 4.90. The standard InChI is InChI=1S/C23H23N3O3/c1-13-5-11-19(21(24)15(13)3)23(29)25-17-8-4-14(2)20(12-17)26-22(28)16-6-9-18(27)10-7-16/h4-12,27H,24H2,1-3H3,(H,25,29)(H,26,28). The van der Waals surface area contributed by atoms with Crippen molar-refractivity contribution < 1.29 is 14.7 Å². The van der Waals surface area contributed by atoms with Crippen LogP contribution in [0.2, 0.25) is 0 Å². The molecule has 0 aliphatic carbocycles. The highest BCUT2D eigenvalue weighted by atomic mass is 16.3. The number of carbonyl (C=O) groups is 2. The molecule has 3 aromatic rings. The first-order valence-electron chi connectivity index (χ1n) is 9.14. The smallest absolute Gasteiger partial charge is 0.257 e. The zero-order valence-electron chi connectivity index (χ0n) is 16.5. The maximum atomic E-state index is 12.7. The summed E-state index contributed by atoms with van der Waals surface area (Å²) in [5.41, 5.74) is 11.2. The Labute approximate surface area is 169 Å². The van der Waals surface area contributed by atoms with Crippen LogP contribution in [0.15, 0.2) is 54.6 Å². The molecule has 0 aromatic heterocycles. The summed E-state index contributed by atoms with van der Waals surface area (Å²) in [5.74, 6) is -0.534. The topological polar surface area (TPSA) is 104 Å². The lowest BCUT2D eigenvalue weighted by Gasteiger charge is -2.14. The van der Waals surface area contributed by atoms with E-state index in [1.165, 1.54) is 24.3 Å². The summed E-state index contributed by atoms with van der Waals surface area (Å²) in [4.78, 5) is 25.1. The van der Waals surface area contributed by atoms with Gasteiger partial charge < -0.3 is 21.5 Å². The second-order valence-corrected chi connectivity index (χ2v) is 6.95. The molecule has 3 aromatic carbocycles. The van der Waals surface area contributed by atoms with Crippen LogP contribution in [-0.2, 0) is 0 Å². The monoisotopic (exact) mass is 389 g/mol. The predicted octanol–water partition coefficient (Wildman–Crippen LogP) is 4.40. The van der Waals surface area contributed by atoms with E-state index in [1.807, 2.05) is 32.9 Å². The molecule has 0 saturated carbocycles. The number of hydrogen-bond donors (Lipinski definition) is 4. The van der Waals surface area contributed by atoms with Gasteiger partial charge in [-0.3, -0.25) is 9.59 Å². The van der Waals surface area contributed by atoms with Crippen molar-refractivity contribution in [2.75, 3.05) is 16.4 Å². The Morgan fingerprint density at radius 1 is 0.828 bits per heavy atom. The van der Waals surface area contributed by atoms with Crippen LogP contribution in [0, 0.1) is 20.8 Å². The molecule has 0 aliphatic rings. The molecular weight excluding hydrogens is 366 g/mol. The van der Waals surface area contributed by atoms with Gasteiger partial charge in [0, 0.05) is 22.6 Å². The fourth-order valence-electron chi connectivity index (χ4n) is 2.88. The number of phenols is 1. The quantitative estimate of drug-likeness (QED) is 0.496. The van der Waals surface area contributed by atoms with Crippen LogP contribution in [0.4, 0.5) is 17.1 Å². The highest BCUT2D eigenvalue weighted by Crippen LogP contribution is 2.24. The van der Waals surface area contributed by atoms with Crippen molar-refractivity contribution in [3.05, 3.63) is 82.4 Å². The first kappa shape index (κ1) is 19.9. The van der Waals surface area contributed by atoms with Crippen molar-refractivity contribution in [3.8, 4) is 5.75 Å². The third-order valence-corrected chi connectivity index (χ3v) is 4.90. The molecule has 0 bridgehead atoms. The van der Waals surface area contributed by atoms with Crippen LogP contribution in [0.5, 0.6) is 5.75 Å². The van der Waals surface area contributed by atoms with Crippen LogP contribution < -0.4 is 16.4 Å². The molecule has 0 aliphatic heterocycles. The molecule has 6 nitrogen and oxygen atoms in total. The minimum absolute atomic E-state index is 0.0908. The molecule has 0 saturated heterocycles. The Hall–Kier alpha value is -3.80. The summed E-state index contributed by atoms with van der Waals surface area (Å²) < 4.78 is 0. The van der Waals surface area contributed by atoms with Crippen molar-refractivity contribution in [2.24, 2.45) is 0 Å². The second kappa shape index (κ2) is 8.06. The molecule has 0 fully saturated rings. The number of hydrogen-bond acceptors (Lipinski definition) is 4. The number of rotatable bonds is 4. The lowest BCUT2D eigenvalue weighted by atomic mass is 10.0. The predicted molar refractivity (Wildman–Crippen MR) is 116 cm³/mol. The number of nitrogens with two attached hydrogens (primary N) is 1. The summed E-state index contributed by atoms with van der Waals surface area (Å²) in [6.07, 6.45) is 0. The van der Waals surface area contributed by atoms with Gasteiger partial charge in [-0.15, -0.1) is 0 Å². The van der Waals surface area contributed by atoms with Crippen LogP contribution in [-0.4, -0.2) is 16.9 Å². The third kappa shape index (κ3) is 4.38. The van der Waals surface area contributed by atoms with Gasteiger partial charge in [0.2, 0.25) is 0 Å². The summed E-state index contributed by atoms with van der Waals surface area (Å²) >= 11 is 0. The molecule has 0 atom stereocenters. The second-order valence-electron chi connectivity index (χ2n) is 6.95. The van der Waals surface area contributed by atoms with Crippen molar-refractivity contribution >= 4 is 28.9 Å². The average molecular weight is 389 g/mol. The van der Waals surface area contributed by atoms with E-state index in [0.717, 1.165) is 16.7 Å². The summed E-state index contributed by atoms with van der Waals surface area (Å²) in [6.45, 7) is 5.68. The molecule has 0 spiro atoms. The number of anilines is 3. The van der Waals surface area contributed by atoms with E-state index >= 15 is 0 Å². The van der Waals surface area contributed by atoms with E-state index in [4.69, 9.17) is 5.73 Å². The van der Waals surface area contributed by atoms with E-state index in [-0.39, 0.29) is 17.6 Å². The molecule has 148 valence electrons. The van der Waals surface area contributed by atoms with Gasteiger partial charge in [-0.25, -0.2) is 0 Å². The zero-order chi connectivity index (χ0) is 21.1. The van der Waals surface area contributed by atoms with Gasteiger partial charge >= 0.3 is 0 Å². The minimum Gasteiger partial charge on any atom is -0.508 e. The van der Waals surface area contributed by atoms with Gasteiger partial charge in [0.25, 0.3) is 11.8 Å². The minimum atomic E-state index is -0.315. The molecule has 3 rings (SSSR count). The van der Waals surface area contributed by atoms with Gasteiger partial charge in [0.1, 0.15) is 5.75 Å². The molecule has 0 unspecified atom stereocenters. The number of aromatic hydroxyl groups is 1. The fourth-order valence-corrected chi connectivity index (χ4v) is 2.88. The Balaban J connectivity index is 1.80. The summed E-state index contributed by atoms with van der Waals surface area (Å²) in [7, 11) is 0. The molecule has 0 radical (unpaired) electrons. The van der Waals surface area contributed by atoms with Crippen LogP contribution in [0.3, 0.4) is 0 Å². The van der Waals surface area contributed by atoms with Gasteiger partial charge in [-0.2, -0.15) is 0 Å². The van der Waals surface area contributed by atoms with Gasteiger partial charge in [0.05, 0.1) is 5.56 Å². The highest BCUT2D eigenvalue weighted by molar-refractivity contribution is 6.09. The molecule has 6 heteroatoms. The number of aryl methyl sites for hydroxylation is 2. The van der Waals surface area contributed by atoms with Gasteiger partial charge in [0.15, 0.2) is 0 Å². The van der Waals surface area contributed by atoms with Crippen molar-refractivity contribution in [2.45, 2.75) is 20.8 Å². The van der Waals surface area contributed by atoms with E-state index in [9.17, 15) is 14.7 Å². The Morgan fingerprint density at radius 3 is 2.17 bits per heavy atom. The maximum absolute atomic E-state index is 12.7. The lowest BCUT2D eigenvalue weighted by molar-refractivity contribution is 0.101. The largest absolute Gasteiger partial charge is 0.508 e. The van der Waals surface area contributed by atoms with E-state index in [1.54, 1.807) is 18.2 Å². The number of amides is 2. The number of nitrogen functional groups attached to an aromatic ring is 1. The first-order valence-corrected chi connectivity index (χ1v) is 9.14. The summed E-state index contributed by atoms with van der Waals surface area (Å²) in [6, 6.07) is 14.8. The summed E-state index contributed by atoms with van der Waals surface area (Å²) in [5, 5.41) is 15.0. The number of nitrogens with one attached hydrogen (secondary N) is 2. The van der Waals surface area contributed by atoms with Crippen LogP contribution >= 0.6 is 0 Å². The normalized spacial score (nSPS) is 10.4. The van der Waals surface area contributed by atoms with E-state index < -0.39 is 0 Å². The van der Waals surface area contributed by atoms with Crippen molar-refractivity contribution in [1.82, 2.24) is 0 Å². The fraction of sp³-hybridized carbons (Fsp3) is 0.130. The molecular formula is C23H23N3O3. The Morgan fingerprint density at radius 2 is 1.48 bits per heavy atom. The van der Waals surface area contributed by atoms with Crippen molar-refractivity contribution in [1.29, 1.82) is 0 Å². The zero-order valence-corrected chi connectivity index (χ0v) is 16.5. The number of benzene rings is 3. The molecule has 2 amide bonds.